The summed E-state index contributed by atoms with van der Waals surface area (Å²) in [6.45, 7) is 6.34. The summed E-state index contributed by atoms with van der Waals surface area (Å²) in [5.41, 5.74) is 0. The van der Waals surface area contributed by atoms with Crippen LogP contribution >= 0.6 is 0 Å². The van der Waals surface area contributed by atoms with Crippen LogP contribution in [0.25, 0.3) is 0 Å². The zero-order chi connectivity index (χ0) is 50.0. The third-order valence-corrected chi connectivity index (χ3v) is 11.5. The molecule has 0 spiro atoms. The first-order valence-electron chi connectivity index (χ1n) is 28.0. The van der Waals surface area contributed by atoms with Crippen molar-refractivity contribution < 1.29 is 28.6 Å². The van der Waals surface area contributed by atoms with Crippen LogP contribution in [0.1, 0.15) is 239 Å². The number of allylic oxidation sites excluding steroid dienone is 20. The second-order valence-corrected chi connectivity index (χ2v) is 18.1. The van der Waals surface area contributed by atoms with Crippen LogP contribution in [-0.4, -0.2) is 37.2 Å². The minimum atomic E-state index is -0.824. The molecule has 0 bridgehead atoms. The van der Waals surface area contributed by atoms with Crippen LogP contribution in [0.15, 0.2) is 122 Å². The molecule has 69 heavy (non-hydrogen) atoms. The molecule has 1 atom stereocenters. The molecule has 0 rings (SSSR count). The first-order chi connectivity index (χ1) is 34.0. The van der Waals surface area contributed by atoms with Gasteiger partial charge in [-0.2, -0.15) is 0 Å². The Morgan fingerprint density at radius 1 is 0.304 bits per heavy atom. The van der Waals surface area contributed by atoms with Gasteiger partial charge in [-0.3, -0.25) is 14.4 Å². The van der Waals surface area contributed by atoms with Crippen molar-refractivity contribution in [2.75, 3.05) is 13.2 Å². The van der Waals surface area contributed by atoms with E-state index in [9.17, 15) is 14.4 Å². The maximum absolute atomic E-state index is 12.8. The molecular formula is C63H102O6. The number of hydrogen-bond acceptors (Lipinski definition) is 6. The normalized spacial score (nSPS) is 13.0. The molecule has 0 aromatic heterocycles. The summed E-state index contributed by atoms with van der Waals surface area (Å²) in [6.07, 6.45) is 77.6. The van der Waals surface area contributed by atoms with Crippen LogP contribution in [0.5, 0.6) is 0 Å². The third kappa shape index (κ3) is 54.6. The van der Waals surface area contributed by atoms with Crippen molar-refractivity contribution in [3.8, 4) is 0 Å². The topological polar surface area (TPSA) is 78.9 Å². The lowest BCUT2D eigenvalue weighted by Crippen LogP contribution is -2.30. The fourth-order valence-electron chi connectivity index (χ4n) is 7.33. The van der Waals surface area contributed by atoms with Gasteiger partial charge in [0.05, 0.1) is 0 Å². The Balaban J connectivity index is 4.55. The maximum Gasteiger partial charge on any atom is 0.306 e. The van der Waals surface area contributed by atoms with Crippen molar-refractivity contribution in [2.45, 2.75) is 245 Å². The molecule has 0 saturated carbocycles. The van der Waals surface area contributed by atoms with Gasteiger partial charge >= 0.3 is 17.9 Å². The van der Waals surface area contributed by atoms with Crippen LogP contribution in [0.2, 0.25) is 0 Å². The predicted molar refractivity (Wildman–Crippen MR) is 297 cm³/mol. The fraction of sp³-hybridized carbons (Fsp3) is 0.635. The Kier molecular flexibility index (Phi) is 53.0. The summed E-state index contributed by atoms with van der Waals surface area (Å²) in [6, 6.07) is 0. The standard InChI is InChI=1S/C63H102O6/c1-4-7-10-13-16-19-22-25-28-30-31-33-35-38-41-44-47-50-53-56-62(65)68-59-60(58-67-61(64)55-52-49-46-43-40-37-34-27-24-21-18-15-12-9-6-3)69-63(66)57-54-51-48-45-42-39-36-32-29-26-23-20-17-14-11-8-5-2/h7-8,10-11,16-17,19-20,25-26,28-29,31,33,36,38-39,41,45,48,60H,4-6,9,12-15,18,21-24,27,30,32,34-35,37,40,42-44,46-47,49-59H2,1-3H3/b10-7-,11-8-,19-16-,20-17-,28-25-,29-26-,33-31-,39-36-,41-38-,48-45-/t60-/m1/s1. The quantitative estimate of drug-likeness (QED) is 0.0262. The number of ether oxygens (including phenoxy) is 3. The van der Waals surface area contributed by atoms with Crippen LogP contribution in [0.3, 0.4) is 0 Å². The third-order valence-electron chi connectivity index (χ3n) is 11.5. The predicted octanol–water partition coefficient (Wildman–Crippen LogP) is 18.9. The number of carbonyl (C=O) groups is 3. The summed E-state index contributed by atoms with van der Waals surface area (Å²) < 4.78 is 16.8. The number of carbonyl (C=O) groups excluding carboxylic acids is 3. The summed E-state index contributed by atoms with van der Waals surface area (Å²) in [4.78, 5) is 38.1. The summed E-state index contributed by atoms with van der Waals surface area (Å²) in [7, 11) is 0. The van der Waals surface area contributed by atoms with E-state index in [4.69, 9.17) is 14.2 Å². The Morgan fingerprint density at radius 3 is 0.928 bits per heavy atom. The van der Waals surface area contributed by atoms with Gasteiger partial charge < -0.3 is 14.2 Å². The van der Waals surface area contributed by atoms with E-state index in [0.29, 0.717) is 19.3 Å². The second-order valence-electron chi connectivity index (χ2n) is 18.1. The van der Waals surface area contributed by atoms with Crippen LogP contribution in [-0.2, 0) is 28.6 Å². The molecule has 0 radical (unpaired) electrons. The average Bonchev–Trinajstić information content (AvgIpc) is 3.35. The largest absolute Gasteiger partial charge is 0.462 e. The molecule has 0 aromatic rings. The molecule has 0 aliphatic rings. The van der Waals surface area contributed by atoms with E-state index < -0.39 is 6.10 Å². The monoisotopic (exact) mass is 955 g/mol. The van der Waals surface area contributed by atoms with Gasteiger partial charge in [-0.15, -0.1) is 0 Å². The van der Waals surface area contributed by atoms with Gasteiger partial charge in [0.2, 0.25) is 0 Å². The summed E-state index contributed by atoms with van der Waals surface area (Å²) >= 11 is 0. The number of rotatable bonds is 49. The minimum Gasteiger partial charge on any atom is -0.462 e. The molecule has 6 nitrogen and oxygen atoms in total. The lowest BCUT2D eigenvalue weighted by Gasteiger charge is -2.18. The molecular weight excluding hydrogens is 853 g/mol. The molecule has 6 heteroatoms. The van der Waals surface area contributed by atoms with E-state index in [1.807, 2.05) is 0 Å². The SMILES string of the molecule is CC/C=C\C/C=C\C/C=C\C/C=C\C/C=C\CCCCCC(=O)OC[C@@H](COC(=O)CCCCCCCCCCCCCCCCC)OC(=O)CCC/C=C\C/C=C\C/C=C\C/C=C\C/C=C\CC. The Labute approximate surface area is 424 Å². The fourth-order valence-corrected chi connectivity index (χ4v) is 7.33. The highest BCUT2D eigenvalue weighted by Crippen LogP contribution is 2.15. The molecule has 0 N–H and O–H groups in total. The van der Waals surface area contributed by atoms with Crippen LogP contribution in [0, 0.1) is 0 Å². The van der Waals surface area contributed by atoms with E-state index in [2.05, 4.69) is 142 Å². The lowest BCUT2D eigenvalue weighted by molar-refractivity contribution is -0.167. The summed E-state index contributed by atoms with van der Waals surface area (Å²) in [5.74, 6) is -1.01. The van der Waals surface area contributed by atoms with Gasteiger partial charge in [-0.1, -0.05) is 239 Å². The van der Waals surface area contributed by atoms with E-state index in [1.165, 1.54) is 77.0 Å². The highest BCUT2D eigenvalue weighted by molar-refractivity contribution is 5.71. The van der Waals surface area contributed by atoms with Crippen molar-refractivity contribution in [3.63, 3.8) is 0 Å². The minimum absolute atomic E-state index is 0.112. The van der Waals surface area contributed by atoms with Gasteiger partial charge in [-0.05, 0) is 103 Å². The Morgan fingerprint density at radius 2 is 0.580 bits per heavy atom. The first kappa shape index (κ1) is 64.8. The van der Waals surface area contributed by atoms with Gasteiger partial charge in [0.25, 0.3) is 0 Å². The zero-order valence-electron chi connectivity index (χ0n) is 44.5. The maximum atomic E-state index is 12.8. The Bertz CT molecular complexity index is 1470. The molecule has 390 valence electrons. The number of hydrogen-bond donors (Lipinski definition) is 0. The zero-order valence-corrected chi connectivity index (χ0v) is 44.5. The van der Waals surface area contributed by atoms with Crippen LogP contribution in [0.4, 0.5) is 0 Å². The summed E-state index contributed by atoms with van der Waals surface area (Å²) in [5, 5.41) is 0. The van der Waals surface area contributed by atoms with Gasteiger partial charge in [-0.25, -0.2) is 0 Å². The van der Waals surface area contributed by atoms with Gasteiger partial charge in [0.15, 0.2) is 6.10 Å². The lowest BCUT2D eigenvalue weighted by atomic mass is 10.0. The van der Waals surface area contributed by atoms with Crippen molar-refractivity contribution in [1.82, 2.24) is 0 Å². The number of unbranched alkanes of at least 4 members (excludes halogenated alkanes) is 18. The highest BCUT2D eigenvalue weighted by Gasteiger charge is 2.19. The first-order valence-corrected chi connectivity index (χ1v) is 28.0. The molecule has 0 aromatic carbocycles. The van der Waals surface area contributed by atoms with E-state index in [1.54, 1.807) is 0 Å². The molecule has 0 fully saturated rings. The molecule has 0 saturated heterocycles. The van der Waals surface area contributed by atoms with E-state index in [-0.39, 0.29) is 37.5 Å². The molecule has 0 heterocycles. The van der Waals surface area contributed by atoms with Gasteiger partial charge in [0, 0.05) is 19.3 Å². The molecule has 0 aliphatic carbocycles. The van der Waals surface area contributed by atoms with Crippen molar-refractivity contribution in [3.05, 3.63) is 122 Å². The van der Waals surface area contributed by atoms with Crippen molar-refractivity contribution >= 4 is 17.9 Å². The molecule has 0 unspecified atom stereocenters. The second kappa shape index (κ2) is 56.4. The molecule has 0 aliphatic heterocycles. The van der Waals surface area contributed by atoms with E-state index >= 15 is 0 Å². The highest BCUT2D eigenvalue weighted by atomic mass is 16.6. The van der Waals surface area contributed by atoms with Crippen molar-refractivity contribution in [1.29, 1.82) is 0 Å². The van der Waals surface area contributed by atoms with E-state index in [0.717, 1.165) is 116 Å². The van der Waals surface area contributed by atoms with Crippen molar-refractivity contribution in [2.24, 2.45) is 0 Å². The Hall–Kier alpha value is -4.19. The molecule has 0 amide bonds. The number of esters is 3. The average molecular weight is 956 g/mol. The smallest absolute Gasteiger partial charge is 0.306 e. The van der Waals surface area contributed by atoms with Crippen LogP contribution < -0.4 is 0 Å². The van der Waals surface area contributed by atoms with Gasteiger partial charge in [0.1, 0.15) is 13.2 Å².